The summed E-state index contributed by atoms with van der Waals surface area (Å²) in [4.78, 5) is 7.08. The zero-order valence-electron chi connectivity index (χ0n) is 13.9. The zero-order chi connectivity index (χ0) is 15.1. The SMILES string of the molecule is CCNC(=NCCN(CC)c1ccccc1C)NC1CC1.I. The predicted octanol–water partition coefficient (Wildman–Crippen LogP) is 3.16. The van der Waals surface area contributed by atoms with Crippen molar-refractivity contribution in [1.29, 1.82) is 0 Å². The van der Waals surface area contributed by atoms with Crippen LogP contribution in [0.2, 0.25) is 0 Å². The van der Waals surface area contributed by atoms with E-state index in [0.717, 1.165) is 32.1 Å². The summed E-state index contributed by atoms with van der Waals surface area (Å²) in [6, 6.07) is 9.19. The highest BCUT2D eigenvalue weighted by Gasteiger charge is 2.22. The number of hydrogen-bond acceptors (Lipinski definition) is 2. The fourth-order valence-corrected chi connectivity index (χ4v) is 2.39. The van der Waals surface area contributed by atoms with Gasteiger partial charge in [0.25, 0.3) is 0 Å². The van der Waals surface area contributed by atoms with Gasteiger partial charge in [0.1, 0.15) is 0 Å². The van der Waals surface area contributed by atoms with Gasteiger partial charge in [0.2, 0.25) is 0 Å². The lowest BCUT2D eigenvalue weighted by Gasteiger charge is -2.24. The molecule has 5 heteroatoms. The molecular formula is C17H29IN4. The van der Waals surface area contributed by atoms with Crippen molar-refractivity contribution >= 4 is 35.6 Å². The Kier molecular flexibility index (Phi) is 8.60. The minimum absolute atomic E-state index is 0. The van der Waals surface area contributed by atoms with Crippen LogP contribution in [-0.2, 0) is 0 Å². The van der Waals surface area contributed by atoms with Gasteiger partial charge in [-0.2, -0.15) is 0 Å². The van der Waals surface area contributed by atoms with Crippen LogP contribution in [0.4, 0.5) is 5.69 Å². The standard InChI is InChI=1S/C17H28N4.HI/c1-4-18-17(20-15-10-11-15)19-12-13-21(5-2)16-9-7-6-8-14(16)3;/h6-9,15H,4-5,10-13H2,1-3H3,(H2,18,19,20);1H. The molecule has 1 fully saturated rings. The number of halogens is 1. The van der Waals surface area contributed by atoms with E-state index in [1.54, 1.807) is 0 Å². The molecule has 124 valence electrons. The van der Waals surface area contributed by atoms with Gasteiger partial charge in [0, 0.05) is 31.4 Å². The first-order chi connectivity index (χ1) is 10.2. The van der Waals surface area contributed by atoms with Crippen molar-refractivity contribution in [1.82, 2.24) is 10.6 Å². The number of likely N-dealkylation sites (N-methyl/N-ethyl adjacent to an activating group) is 1. The summed E-state index contributed by atoms with van der Waals surface area (Å²) in [5.41, 5.74) is 2.64. The molecule has 0 aliphatic heterocycles. The third kappa shape index (κ3) is 6.02. The zero-order valence-corrected chi connectivity index (χ0v) is 16.3. The molecule has 0 heterocycles. The van der Waals surface area contributed by atoms with Gasteiger partial charge in [-0.15, -0.1) is 24.0 Å². The molecule has 4 nitrogen and oxygen atoms in total. The van der Waals surface area contributed by atoms with Crippen LogP contribution in [0.15, 0.2) is 29.3 Å². The van der Waals surface area contributed by atoms with Crippen LogP contribution in [0.5, 0.6) is 0 Å². The third-order valence-electron chi connectivity index (χ3n) is 3.74. The Hall–Kier alpha value is -0.980. The summed E-state index contributed by atoms with van der Waals surface area (Å²) in [5, 5.41) is 6.77. The molecule has 1 aliphatic carbocycles. The summed E-state index contributed by atoms with van der Waals surface area (Å²) < 4.78 is 0. The maximum Gasteiger partial charge on any atom is 0.191 e. The van der Waals surface area contributed by atoms with Crippen LogP contribution < -0.4 is 15.5 Å². The molecule has 0 bridgehead atoms. The normalized spacial score (nSPS) is 14.2. The Balaban J connectivity index is 0.00000242. The minimum atomic E-state index is 0. The molecule has 1 saturated carbocycles. The molecule has 0 aromatic heterocycles. The maximum atomic E-state index is 4.69. The van der Waals surface area contributed by atoms with E-state index in [1.807, 2.05) is 0 Å². The van der Waals surface area contributed by atoms with Crippen LogP contribution in [0.3, 0.4) is 0 Å². The lowest BCUT2D eigenvalue weighted by molar-refractivity contribution is 0.781. The maximum absolute atomic E-state index is 4.69. The topological polar surface area (TPSA) is 39.7 Å². The number of rotatable bonds is 7. The highest BCUT2D eigenvalue weighted by atomic mass is 127. The van der Waals surface area contributed by atoms with Crippen molar-refractivity contribution < 1.29 is 0 Å². The number of para-hydroxylation sites is 1. The first kappa shape index (κ1) is 19.1. The number of nitrogens with one attached hydrogen (secondary N) is 2. The molecule has 1 aromatic rings. The highest BCUT2D eigenvalue weighted by molar-refractivity contribution is 14.0. The smallest absolute Gasteiger partial charge is 0.191 e. The summed E-state index contributed by atoms with van der Waals surface area (Å²) in [7, 11) is 0. The van der Waals surface area contributed by atoms with Crippen molar-refractivity contribution in [3.63, 3.8) is 0 Å². The van der Waals surface area contributed by atoms with Crippen molar-refractivity contribution in [2.75, 3.05) is 31.1 Å². The molecule has 0 amide bonds. The van der Waals surface area contributed by atoms with Crippen LogP contribution in [0, 0.1) is 6.92 Å². The Morgan fingerprint density at radius 1 is 1.27 bits per heavy atom. The van der Waals surface area contributed by atoms with Crippen molar-refractivity contribution in [2.24, 2.45) is 4.99 Å². The molecule has 1 aromatic carbocycles. The highest BCUT2D eigenvalue weighted by Crippen LogP contribution is 2.19. The van der Waals surface area contributed by atoms with Gasteiger partial charge in [0.05, 0.1) is 6.54 Å². The lowest BCUT2D eigenvalue weighted by Crippen LogP contribution is -2.39. The van der Waals surface area contributed by atoms with E-state index in [0.29, 0.717) is 6.04 Å². The number of nitrogens with zero attached hydrogens (tertiary/aromatic N) is 2. The van der Waals surface area contributed by atoms with Crippen molar-refractivity contribution in [2.45, 2.75) is 39.7 Å². The minimum Gasteiger partial charge on any atom is -0.370 e. The molecule has 0 radical (unpaired) electrons. The first-order valence-corrected chi connectivity index (χ1v) is 8.10. The molecule has 22 heavy (non-hydrogen) atoms. The molecular weight excluding hydrogens is 387 g/mol. The molecule has 0 spiro atoms. The van der Waals surface area contributed by atoms with Crippen molar-refractivity contribution in [3.8, 4) is 0 Å². The first-order valence-electron chi connectivity index (χ1n) is 8.10. The molecule has 0 unspecified atom stereocenters. The molecule has 2 rings (SSSR count). The van der Waals surface area contributed by atoms with Crippen LogP contribution in [0.1, 0.15) is 32.3 Å². The fourth-order valence-electron chi connectivity index (χ4n) is 2.39. The van der Waals surface area contributed by atoms with Gasteiger partial charge >= 0.3 is 0 Å². The fraction of sp³-hybridized carbons (Fsp3) is 0.588. The van der Waals surface area contributed by atoms with Gasteiger partial charge in [-0.05, 0) is 45.2 Å². The average Bonchev–Trinajstić information content (AvgIpc) is 3.29. The van der Waals surface area contributed by atoms with Gasteiger partial charge in [-0.1, -0.05) is 18.2 Å². The molecule has 0 atom stereocenters. The van der Waals surface area contributed by atoms with Gasteiger partial charge < -0.3 is 15.5 Å². The molecule has 0 saturated heterocycles. The number of aliphatic imine (C=N–C) groups is 1. The summed E-state index contributed by atoms with van der Waals surface area (Å²) in [6.45, 7) is 10.1. The Morgan fingerprint density at radius 3 is 2.59 bits per heavy atom. The van der Waals surface area contributed by atoms with Gasteiger partial charge in [0.15, 0.2) is 5.96 Å². The molecule has 2 N–H and O–H groups in total. The summed E-state index contributed by atoms with van der Waals surface area (Å²) >= 11 is 0. The van der Waals surface area contributed by atoms with Gasteiger partial charge in [-0.3, -0.25) is 4.99 Å². The Bertz CT molecular complexity index is 471. The van der Waals surface area contributed by atoms with E-state index in [9.17, 15) is 0 Å². The predicted molar refractivity (Wildman–Crippen MR) is 107 cm³/mol. The Labute approximate surface area is 151 Å². The van der Waals surface area contributed by atoms with E-state index in [4.69, 9.17) is 0 Å². The third-order valence-corrected chi connectivity index (χ3v) is 3.74. The van der Waals surface area contributed by atoms with E-state index in [2.05, 4.69) is 65.6 Å². The van der Waals surface area contributed by atoms with Crippen molar-refractivity contribution in [3.05, 3.63) is 29.8 Å². The van der Waals surface area contributed by atoms with E-state index < -0.39 is 0 Å². The molecule has 1 aliphatic rings. The number of aryl methyl sites for hydroxylation is 1. The second kappa shape index (κ2) is 9.92. The number of benzene rings is 1. The second-order valence-electron chi connectivity index (χ2n) is 5.55. The number of anilines is 1. The second-order valence-corrected chi connectivity index (χ2v) is 5.55. The number of guanidine groups is 1. The van der Waals surface area contributed by atoms with Crippen LogP contribution in [-0.4, -0.2) is 38.2 Å². The average molecular weight is 416 g/mol. The Morgan fingerprint density at radius 2 is 2.00 bits per heavy atom. The van der Waals surface area contributed by atoms with Crippen LogP contribution >= 0.6 is 24.0 Å². The lowest BCUT2D eigenvalue weighted by atomic mass is 10.2. The van der Waals surface area contributed by atoms with E-state index in [-0.39, 0.29) is 24.0 Å². The van der Waals surface area contributed by atoms with E-state index >= 15 is 0 Å². The van der Waals surface area contributed by atoms with Crippen LogP contribution in [0.25, 0.3) is 0 Å². The number of hydrogen-bond donors (Lipinski definition) is 2. The monoisotopic (exact) mass is 416 g/mol. The van der Waals surface area contributed by atoms with Gasteiger partial charge in [-0.25, -0.2) is 0 Å². The summed E-state index contributed by atoms with van der Waals surface area (Å²) in [6.07, 6.45) is 2.55. The quantitative estimate of drug-likeness (QED) is 0.408. The summed E-state index contributed by atoms with van der Waals surface area (Å²) in [5.74, 6) is 0.959. The van der Waals surface area contributed by atoms with E-state index in [1.165, 1.54) is 24.1 Å². The largest absolute Gasteiger partial charge is 0.370 e.